The van der Waals surface area contributed by atoms with Gasteiger partial charge in [-0.1, -0.05) is 17.7 Å². The smallest absolute Gasteiger partial charge is 0.253 e. The second-order valence-electron chi connectivity index (χ2n) is 5.00. The minimum Gasteiger partial charge on any atom is -0.326 e. The molecule has 0 aromatic heterocycles. The van der Waals surface area contributed by atoms with Gasteiger partial charge in [0.15, 0.2) is 5.11 Å². The molecule has 2 rings (SSSR count). The highest BCUT2D eigenvalue weighted by Crippen LogP contribution is 2.19. The average molecular weight is 355 g/mol. The number of amides is 3. The predicted octanol–water partition coefficient (Wildman–Crippen LogP) is 1.15. The first-order valence-electron chi connectivity index (χ1n) is 6.73. The van der Waals surface area contributed by atoms with Gasteiger partial charge in [0.25, 0.3) is 5.91 Å². The molecular weight excluding hydrogens is 340 g/mol. The van der Waals surface area contributed by atoms with Gasteiger partial charge in [-0.25, -0.2) is 5.01 Å². The van der Waals surface area contributed by atoms with Crippen LogP contribution in [0.2, 0.25) is 5.02 Å². The fourth-order valence-corrected chi connectivity index (χ4v) is 2.60. The Morgan fingerprint density at radius 2 is 2.09 bits per heavy atom. The molecule has 0 bridgehead atoms. The molecule has 1 fully saturated rings. The summed E-state index contributed by atoms with van der Waals surface area (Å²) in [6, 6.07) is 5.78. The molecule has 1 unspecified atom stereocenters. The minimum atomic E-state index is -0.879. The Balaban J connectivity index is 2.09. The summed E-state index contributed by atoms with van der Waals surface area (Å²) in [5.41, 5.74) is 2.99. The number of anilines is 1. The maximum Gasteiger partial charge on any atom is 0.253 e. The van der Waals surface area contributed by atoms with Crippen LogP contribution < -0.4 is 10.7 Å². The third-order valence-corrected chi connectivity index (χ3v) is 3.89. The lowest BCUT2D eigenvalue weighted by Crippen LogP contribution is -2.48. The summed E-state index contributed by atoms with van der Waals surface area (Å²) in [6.07, 6.45) is -0.157. The van der Waals surface area contributed by atoms with Crippen molar-refractivity contribution in [2.75, 3.05) is 12.4 Å². The van der Waals surface area contributed by atoms with E-state index in [1.54, 1.807) is 24.3 Å². The van der Waals surface area contributed by atoms with Crippen LogP contribution >= 0.6 is 23.8 Å². The van der Waals surface area contributed by atoms with Crippen LogP contribution in [0.5, 0.6) is 0 Å². The first-order valence-corrected chi connectivity index (χ1v) is 7.51. The van der Waals surface area contributed by atoms with E-state index in [0.717, 1.165) is 0 Å². The number of likely N-dealkylation sites (N-methyl/N-ethyl adjacent to an activating group) is 1. The van der Waals surface area contributed by atoms with Crippen LogP contribution in [0.25, 0.3) is 0 Å². The van der Waals surface area contributed by atoms with E-state index in [2.05, 4.69) is 10.7 Å². The van der Waals surface area contributed by atoms with Gasteiger partial charge in [0.2, 0.25) is 11.8 Å². The van der Waals surface area contributed by atoms with Gasteiger partial charge in [0.05, 0.1) is 6.42 Å². The summed E-state index contributed by atoms with van der Waals surface area (Å²) in [5, 5.41) is 4.52. The lowest BCUT2D eigenvalue weighted by molar-refractivity contribution is -0.131. The largest absolute Gasteiger partial charge is 0.326 e. The molecule has 1 aliphatic heterocycles. The monoisotopic (exact) mass is 354 g/mol. The number of hydrogen-bond donors (Lipinski definition) is 2. The van der Waals surface area contributed by atoms with Gasteiger partial charge in [-0.3, -0.25) is 24.7 Å². The molecule has 1 saturated heterocycles. The summed E-state index contributed by atoms with van der Waals surface area (Å²) in [7, 11) is 1.49. The van der Waals surface area contributed by atoms with E-state index < -0.39 is 6.04 Å². The standard InChI is InChI=1S/C14H15ClN4O3S/c1-8(20)17-19-11(13(22)18(2)14(19)23)7-12(21)16-10-5-3-4-9(15)6-10/h3-6,11H,7H2,1-2H3,(H,16,21)(H,17,20). The van der Waals surface area contributed by atoms with Gasteiger partial charge in [-0.2, -0.15) is 0 Å². The number of benzene rings is 1. The molecule has 0 radical (unpaired) electrons. The third kappa shape index (κ3) is 3.96. The molecule has 23 heavy (non-hydrogen) atoms. The number of thiocarbonyl (C=S) groups is 1. The quantitative estimate of drug-likeness (QED) is 0.793. The van der Waals surface area contributed by atoms with Crippen molar-refractivity contribution < 1.29 is 14.4 Å². The zero-order chi connectivity index (χ0) is 17.1. The Bertz CT molecular complexity index is 682. The molecule has 1 aliphatic rings. The lowest BCUT2D eigenvalue weighted by Gasteiger charge is -2.23. The predicted molar refractivity (Wildman–Crippen MR) is 89.5 cm³/mol. The van der Waals surface area contributed by atoms with Gasteiger partial charge in [0.1, 0.15) is 6.04 Å². The number of rotatable bonds is 4. The van der Waals surface area contributed by atoms with Crippen molar-refractivity contribution in [1.82, 2.24) is 15.3 Å². The van der Waals surface area contributed by atoms with Crippen molar-refractivity contribution in [3.63, 3.8) is 0 Å². The van der Waals surface area contributed by atoms with Gasteiger partial charge in [-0.15, -0.1) is 0 Å². The van der Waals surface area contributed by atoms with Crippen molar-refractivity contribution in [2.24, 2.45) is 0 Å². The topological polar surface area (TPSA) is 81.8 Å². The molecule has 1 atom stereocenters. The maximum atomic E-state index is 12.2. The van der Waals surface area contributed by atoms with E-state index >= 15 is 0 Å². The minimum absolute atomic E-state index is 0.144. The third-order valence-electron chi connectivity index (χ3n) is 3.19. The average Bonchev–Trinajstić information content (AvgIpc) is 2.65. The summed E-state index contributed by atoms with van der Waals surface area (Å²) in [6.45, 7) is 1.30. The van der Waals surface area contributed by atoms with E-state index in [1.165, 1.54) is 23.9 Å². The van der Waals surface area contributed by atoms with Crippen LogP contribution in [-0.4, -0.2) is 45.8 Å². The number of carbonyl (C=O) groups is 3. The molecule has 2 N–H and O–H groups in total. The fraction of sp³-hybridized carbons (Fsp3) is 0.286. The highest BCUT2D eigenvalue weighted by molar-refractivity contribution is 7.80. The zero-order valence-corrected chi connectivity index (χ0v) is 14.1. The SMILES string of the molecule is CC(=O)NN1C(=S)N(C)C(=O)C1CC(=O)Nc1cccc(Cl)c1. The zero-order valence-electron chi connectivity index (χ0n) is 12.5. The number of halogens is 1. The van der Waals surface area contributed by atoms with E-state index in [1.807, 2.05) is 0 Å². The summed E-state index contributed by atoms with van der Waals surface area (Å²) in [5.74, 6) is -1.13. The van der Waals surface area contributed by atoms with E-state index in [9.17, 15) is 14.4 Å². The molecule has 7 nitrogen and oxygen atoms in total. The first-order chi connectivity index (χ1) is 10.8. The normalized spacial score (nSPS) is 17.4. The Morgan fingerprint density at radius 3 is 2.70 bits per heavy atom. The van der Waals surface area contributed by atoms with Gasteiger partial charge >= 0.3 is 0 Å². The van der Waals surface area contributed by atoms with Crippen LogP contribution in [0.1, 0.15) is 13.3 Å². The summed E-state index contributed by atoms with van der Waals surface area (Å²) >= 11 is 11.0. The second kappa shape index (κ2) is 6.93. The van der Waals surface area contributed by atoms with Gasteiger partial charge < -0.3 is 5.32 Å². The van der Waals surface area contributed by atoms with Crippen LogP contribution in [0, 0.1) is 0 Å². The fourth-order valence-electron chi connectivity index (χ4n) is 2.15. The number of nitrogens with one attached hydrogen (secondary N) is 2. The molecule has 122 valence electrons. The van der Waals surface area contributed by atoms with Crippen molar-refractivity contribution in [3.05, 3.63) is 29.3 Å². The van der Waals surface area contributed by atoms with Crippen LogP contribution in [-0.2, 0) is 14.4 Å². The molecule has 1 aromatic carbocycles. The molecule has 0 saturated carbocycles. The summed E-state index contributed by atoms with van der Waals surface area (Å²) in [4.78, 5) is 36.8. The molecule has 0 aliphatic carbocycles. The van der Waals surface area contributed by atoms with Crippen molar-refractivity contribution in [2.45, 2.75) is 19.4 Å². The van der Waals surface area contributed by atoms with Crippen LogP contribution in [0.3, 0.4) is 0 Å². The molecule has 3 amide bonds. The summed E-state index contributed by atoms with van der Waals surface area (Å²) < 4.78 is 0. The Labute approximate surface area is 143 Å². The molecule has 0 spiro atoms. The highest BCUT2D eigenvalue weighted by Gasteiger charge is 2.42. The molecular formula is C14H15ClN4O3S. The lowest BCUT2D eigenvalue weighted by atomic mass is 10.2. The van der Waals surface area contributed by atoms with Crippen molar-refractivity contribution in [3.8, 4) is 0 Å². The van der Waals surface area contributed by atoms with E-state index in [4.69, 9.17) is 23.8 Å². The number of nitrogens with zero attached hydrogens (tertiary/aromatic N) is 2. The maximum absolute atomic E-state index is 12.2. The number of hydrogen-bond acceptors (Lipinski definition) is 4. The van der Waals surface area contributed by atoms with Gasteiger partial charge in [-0.05, 0) is 30.4 Å². The van der Waals surface area contributed by atoms with E-state index in [0.29, 0.717) is 10.7 Å². The van der Waals surface area contributed by atoms with Gasteiger partial charge in [0, 0.05) is 24.7 Å². The Hall–Kier alpha value is -2.19. The second-order valence-corrected chi connectivity index (χ2v) is 5.80. The van der Waals surface area contributed by atoms with Crippen LogP contribution in [0.15, 0.2) is 24.3 Å². The number of hydrazine groups is 1. The molecule has 9 heteroatoms. The number of carbonyl (C=O) groups excluding carboxylic acids is 3. The Kier molecular flexibility index (Phi) is 5.17. The highest BCUT2D eigenvalue weighted by atomic mass is 35.5. The van der Waals surface area contributed by atoms with Crippen molar-refractivity contribution in [1.29, 1.82) is 0 Å². The van der Waals surface area contributed by atoms with Crippen molar-refractivity contribution >= 4 is 52.3 Å². The first kappa shape index (κ1) is 17.2. The Morgan fingerprint density at radius 1 is 1.39 bits per heavy atom. The molecule has 1 aromatic rings. The van der Waals surface area contributed by atoms with E-state index in [-0.39, 0.29) is 29.3 Å². The van der Waals surface area contributed by atoms with Crippen LogP contribution in [0.4, 0.5) is 5.69 Å². The molecule has 1 heterocycles.